The molecule has 0 saturated carbocycles. The van der Waals surface area contributed by atoms with E-state index in [-0.39, 0.29) is 42.2 Å². The number of nitrogens with zero attached hydrogens (tertiary/aromatic N) is 2. The fraction of sp³-hybridized carbons (Fsp3) is 0.778. The first kappa shape index (κ1) is 33.2. The lowest BCUT2D eigenvalue weighted by Gasteiger charge is -2.39. The maximum Gasteiger partial charge on any atom is 0.355 e. The van der Waals surface area contributed by atoms with Crippen molar-refractivity contribution in [3.63, 3.8) is 0 Å². The van der Waals surface area contributed by atoms with E-state index < -0.39 is 20.4 Å². The van der Waals surface area contributed by atoms with E-state index in [1.807, 2.05) is 27.7 Å². The summed E-state index contributed by atoms with van der Waals surface area (Å²) in [6, 6.07) is 2.53. The molecule has 0 spiro atoms. The van der Waals surface area contributed by atoms with Gasteiger partial charge in [0.1, 0.15) is 5.01 Å². The van der Waals surface area contributed by atoms with Crippen LogP contribution in [0.15, 0.2) is 5.38 Å². The number of amides is 1. The molecule has 1 heterocycles. The number of aromatic carboxylic acids is 1. The van der Waals surface area contributed by atoms with Gasteiger partial charge >= 0.3 is 11.9 Å². The van der Waals surface area contributed by atoms with Crippen LogP contribution in [-0.4, -0.2) is 53.9 Å². The lowest BCUT2D eigenvalue weighted by atomic mass is 9.95. The Morgan fingerprint density at radius 2 is 1.70 bits per heavy atom. The molecule has 212 valence electrons. The molecule has 0 aromatic carbocycles. The zero-order valence-electron chi connectivity index (χ0n) is 24.0. The van der Waals surface area contributed by atoms with E-state index >= 15 is 0 Å². The molecule has 3 atom stereocenters. The Kier molecular flexibility index (Phi) is 14.6. The lowest BCUT2D eigenvalue weighted by Crippen LogP contribution is -2.47. The van der Waals surface area contributed by atoms with Gasteiger partial charge in [0.15, 0.2) is 20.7 Å². The SMILES string of the molecule is CCCC(=O)OCN(C(=O)C[C@@H](C)CC)[C@H](C[C@@H](O[Si](CC)(CC)CC)c1nc(C(=O)O)cs1)C(C)C. The van der Waals surface area contributed by atoms with E-state index in [0.717, 1.165) is 24.6 Å². The average Bonchev–Trinajstić information content (AvgIpc) is 3.36. The molecule has 0 fully saturated rings. The van der Waals surface area contributed by atoms with Crippen LogP contribution in [0.5, 0.6) is 0 Å². The number of carbonyl (C=O) groups excluding carboxylic acids is 2. The Bertz CT molecular complexity index is 849. The van der Waals surface area contributed by atoms with Crippen LogP contribution in [0.1, 0.15) is 109 Å². The molecule has 8 nitrogen and oxygen atoms in total. The number of ether oxygens (including phenoxy) is 1. The molecule has 1 rings (SSSR count). The molecule has 0 saturated heterocycles. The third kappa shape index (κ3) is 10.1. The minimum atomic E-state index is -2.09. The molecule has 0 aliphatic rings. The molecule has 1 N–H and O–H groups in total. The second kappa shape index (κ2) is 16.2. The Labute approximate surface area is 228 Å². The minimum Gasteiger partial charge on any atom is -0.476 e. The quantitative estimate of drug-likeness (QED) is 0.119. The lowest BCUT2D eigenvalue weighted by molar-refractivity contribution is -0.157. The van der Waals surface area contributed by atoms with Crippen LogP contribution in [0.3, 0.4) is 0 Å². The van der Waals surface area contributed by atoms with E-state index in [0.29, 0.717) is 30.7 Å². The van der Waals surface area contributed by atoms with Crippen LogP contribution in [0.25, 0.3) is 0 Å². The Morgan fingerprint density at radius 1 is 1.08 bits per heavy atom. The first-order valence-electron chi connectivity index (χ1n) is 13.8. The largest absolute Gasteiger partial charge is 0.476 e. The monoisotopic (exact) mass is 556 g/mol. The maximum atomic E-state index is 13.5. The van der Waals surface area contributed by atoms with Crippen molar-refractivity contribution in [3.8, 4) is 0 Å². The highest BCUT2D eigenvalue weighted by Gasteiger charge is 2.38. The second-order valence-electron chi connectivity index (χ2n) is 10.2. The number of thiazole rings is 1. The van der Waals surface area contributed by atoms with Gasteiger partial charge in [-0.1, -0.05) is 61.8 Å². The maximum absolute atomic E-state index is 13.5. The van der Waals surface area contributed by atoms with Gasteiger partial charge in [-0.15, -0.1) is 11.3 Å². The number of rotatable bonds is 18. The van der Waals surface area contributed by atoms with Gasteiger partial charge in [0.25, 0.3) is 0 Å². The van der Waals surface area contributed by atoms with E-state index in [4.69, 9.17) is 9.16 Å². The van der Waals surface area contributed by atoms with Gasteiger partial charge in [0.05, 0.1) is 6.10 Å². The highest BCUT2D eigenvalue weighted by atomic mass is 32.1. The fourth-order valence-electron chi connectivity index (χ4n) is 4.34. The van der Waals surface area contributed by atoms with Crippen molar-refractivity contribution in [3.05, 3.63) is 16.1 Å². The van der Waals surface area contributed by atoms with Crippen molar-refractivity contribution >= 4 is 37.5 Å². The molecule has 1 amide bonds. The number of hydrogen-bond donors (Lipinski definition) is 1. The van der Waals surface area contributed by atoms with Crippen molar-refractivity contribution in [2.75, 3.05) is 6.73 Å². The molecular formula is C27H48N2O6SSi. The smallest absolute Gasteiger partial charge is 0.355 e. The zero-order chi connectivity index (χ0) is 28.2. The van der Waals surface area contributed by atoms with E-state index in [9.17, 15) is 19.5 Å². The fourth-order valence-corrected chi connectivity index (χ4v) is 8.07. The first-order chi connectivity index (χ1) is 17.5. The summed E-state index contributed by atoms with van der Waals surface area (Å²) in [5.41, 5.74) is 0.00431. The number of carboxylic acids is 1. The van der Waals surface area contributed by atoms with Crippen molar-refractivity contribution in [2.45, 2.75) is 118 Å². The Morgan fingerprint density at radius 3 is 2.16 bits per heavy atom. The van der Waals surface area contributed by atoms with Crippen LogP contribution in [-0.2, 0) is 18.8 Å². The van der Waals surface area contributed by atoms with Crippen LogP contribution in [0, 0.1) is 11.8 Å². The number of esters is 1. The summed E-state index contributed by atoms with van der Waals surface area (Å²) >= 11 is 1.29. The molecule has 0 bridgehead atoms. The van der Waals surface area contributed by atoms with Crippen LogP contribution < -0.4 is 0 Å². The van der Waals surface area contributed by atoms with Crippen molar-refractivity contribution in [1.82, 2.24) is 9.88 Å². The van der Waals surface area contributed by atoms with Gasteiger partial charge in [0.2, 0.25) is 5.91 Å². The summed E-state index contributed by atoms with van der Waals surface area (Å²) in [7, 11) is -2.09. The summed E-state index contributed by atoms with van der Waals surface area (Å²) < 4.78 is 12.4. The summed E-state index contributed by atoms with van der Waals surface area (Å²) in [4.78, 5) is 43.4. The number of carbonyl (C=O) groups is 3. The minimum absolute atomic E-state index is 0.00431. The summed E-state index contributed by atoms with van der Waals surface area (Å²) in [5, 5.41) is 11.6. The highest BCUT2D eigenvalue weighted by molar-refractivity contribution is 7.09. The molecule has 0 aliphatic carbocycles. The van der Waals surface area contributed by atoms with Crippen molar-refractivity contribution in [1.29, 1.82) is 0 Å². The third-order valence-electron chi connectivity index (χ3n) is 7.33. The van der Waals surface area contributed by atoms with Gasteiger partial charge in [-0.2, -0.15) is 0 Å². The van der Waals surface area contributed by atoms with E-state index in [2.05, 4.69) is 32.7 Å². The number of aromatic nitrogens is 1. The van der Waals surface area contributed by atoms with Crippen molar-refractivity contribution < 1.29 is 28.7 Å². The zero-order valence-corrected chi connectivity index (χ0v) is 25.9. The van der Waals surface area contributed by atoms with Crippen LogP contribution in [0.2, 0.25) is 18.1 Å². The summed E-state index contributed by atoms with van der Waals surface area (Å²) in [5.74, 6) is -1.18. The number of hydrogen-bond acceptors (Lipinski definition) is 7. The molecule has 0 aliphatic heterocycles. The highest BCUT2D eigenvalue weighted by Crippen LogP contribution is 2.36. The first-order valence-corrected chi connectivity index (χ1v) is 17.2. The molecule has 1 aromatic rings. The third-order valence-corrected chi connectivity index (χ3v) is 12.9. The van der Waals surface area contributed by atoms with E-state index in [1.165, 1.54) is 11.3 Å². The molecule has 10 heteroatoms. The molecule has 0 radical (unpaired) electrons. The Hall–Kier alpha value is -1.78. The van der Waals surface area contributed by atoms with Crippen LogP contribution in [0.4, 0.5) is 0 Å². The summed E-state index contributed by atoms with van der Waals surface area (Å²) in [6.07, 6.45) is 2.24. The molecule has 0 unspecified atom stereocenters. The average molecular weight is 557 g/mol. The predicted octanol–water partition coefficient (Wildman–Crippen LogP) is 6.88. The molecule has 37 heavy (non-hydrogen) atoms. The van der Waals surface area contributed by atoms with Gasteiger partial charge in [-0.05, 0) is 42.8 Å². The standard InChI is InChI=1S/C27H48N2O6SSi/c1-9-14-25(31)34-18-29(24(30)15-20(8)10-2)22(19(6)7)16-23(35-37(11-3,12-4)13-5)26-28-21(17-36-26)27(32)33/h17,19-20,22-23H,9-16,18H2,1-8H3,(H,32,33)/t20-,22+,23+/m0/s1. The van der Waals surface area contributed by atoms with Gasteiger partial charge < -0.3 is 19.2 Å². The molecule has 1 aromatic heterocycles. The van der Waals surface area contributed by atoms with E-state index in [1.54, 1.807) is 10.3 Å². The van der Waals surface area contributed by atoms with Crippen LogP contribution >= 0.6 is 11.3 Å². The number of carboxylic acid groups (broad SMARTS) is 1. The summed E-state index contributed by atoms with van der Waals surface area (Å²) in [6.45, 7) is 16.5. The van der Waals surface area contributed by atoms with Gasteiger partial charge in [0, 0.05) is 24.3 Å². The van der Waals surface area contributed by atoms with Gasteiger partial charge in [-0.25, -0.2) is 9.78 Å². The predicted molar refractivity (Wildman–Crippen MR) is 150 cm³/mol. The topological polar surface area (TPSA) is 106 Å². The second-order valence-corrected chi connectivity index (χ2v) is 15.9. The Balaban J connectivity index is 3.44. The normalized spacial score (nSPS) is 14.3. The van der Waals surface area contributed by atoms with Gasteiger partial charge in [-0.3, -0.25) is 9.59 Å². The van der Waals surface area contributed by atoms with Crippen molar-refractivity contribution in [2.24, 2.45) is 11.8 Å². The molecular weight excluding hydrogens is 508 g/mol.